The molecule has 14 heteroatoms. The van der Waals surface area contributed by atoms with E-state index in [2.05, 4.69) is 0 Å². The number of anilines is 2. The number of aromatic hydroxyl groups is 1. The molecule has 4 heterocycles. The lowest BCUT2D eigenvalue weighted by atomic mass is 9.51. The van der Waals surface area contributed by atoms with E-state index in [1.165, 1.54) is 33.8 Å². The summed E-state index contributed by atoms with van der Waals surface area (Å²) in [7, 11) is 1.69. The number of non-ortho nitro benzene ring substituents is 1. The van der Waals surface area contributed by atoms with Crippen LogP contribution >= 0.6 is 22.9 Å². The van der Waals surface area contributed by atoms with E-state index in [0.29, 0.717) is 27.5 Å². The summed E-state index contributed by atoms with van der Waals surface area (Å²) in [5.74, 6) is -5.49. The van der Waals surface area contributed by atoms with Gasteiger partial charge in [-0.1, -0.05) is 59.6 Å². The zero-order valence-electron chi connectivity index (χ0n) is 31.4. The molecular weight excluding hydrogens is 778 g/mol. The molecule has 6 unspecified atom stereocenters. The van der Waals surface area contributed by atoms with E-state index in [-0.39, 0.29) is 30.0 Å². The van der Waals surface area contributed by atoms with Gasteiger partial charge in [-0.15, -0.1) is 11.3 Å². The maximum Gasteiger partial charge on any atom is 0.269 e. The second kappa shape index (κ2) is 12.7. The second-order valence-corrected chi connectivity index (χ2v) is 17.4. The highest BCUT2D eigenvalue weighted by Gasteiger charge is 2.68. The van der Waals surface area contributed by atoms with E-state index in [1.54, 1.807) is 43.5 Å². The number of carbonyl (C=O) groups is 4. The molecule has 10 rings (SSSR count). The van der Waals surface area contributed by atoms with Crippen molar-refractivity contribution >= 4 is 84.6 Å². The Kier molecular flexibility index (Phi) is 7.90. The van der Waals surface area contributed by atoms with Crippen LogP contribution < -0.4 is 9.80 Å². The standard InChI is InChI=1S/C44H34ClN5O7S/c1-21-30-18-23(45)9-17-34(30)58-39(21)33-20-35(47(3)46-33)49-41(53)32-19-31-27(37(44(32,2)43(49)55)29-14-8-22-6-4-5-7-26(22)38(29)51)15-16-28-36(31)42(54)48(40(28)52)24-10-12-25(13-11-24)50(56)57/h4-15,17-18,20,28,31-32,36-37,51H,16,19H2,1-3H3. The Hall–Kier alpha value is -6.18. The molecule has 6 atom stereocenters. The van der Waals surface area contributed by atoms with Gasteiger partial charge in [-0.25, -0.2) is 4.90 Å². The van der Waals surface area contributed by atoms with Crippen LogP contribution in [0.5, 0.6) is 5.75 Å². The van der Waals surface area contributed by atoms with Gasteiger partial charge >= 0.3 is 0 Å². The number of aromatic nitrogens is 2. The average Bonchev–Trinajstić information content (AvgIpc) is 3.88. The molecule has 4 aliphatic rings. The largest absolute Gasteiger partial charge is 0.507 e. The van der Waals surface area contributed by atoms with E-state index >= 15 is 9.59 Å². The van der Waals surface area contributed by atoms with Gasteiger partial charge in [0.25, 0.3) is 5.69 Å². The van der Waals surface area contributed by atoms with Crippen molar-refractivity contribution in [3.63, 3.8) is 0 Å². The Morgan fingerprint density at radius 1 is 0.914 bits per heavy atom. The van der Waals surface area contributed by atoms with Crippen LogP contribution in [0.3, 0.4) is 0 Å². The quantitative estimate of drug-likeness (QED) is 0.0787. The summed E-state index contributed by atoms with van der Waals surface area (Å²) >= 11 is 7.87. The first-order chi connectivity index (χ1) is 27.8. The molecule has 2 aliphatic carbocycles. The van der Waals surface area contributed by atoms with Crippen LogP contribution in [0.4, 0.5) is 17.2 Å². The van der Waals surface area contributed by atoms with Gasteiger partial charge in [-0.05, 0) is 79.3 Å². The summed E-state index contributed by atoms with van der Waals surface area (Å²) < 4.78 is 2.56. The summed E-state index contributed by atoms with van der Waals surface area (Å²) in [5.41, 5.74) is 1.41. The smallest absolute Gasteiger partial charge is 0.269 e. The van der Waals surface area contributed by atoms with E-state index in [4.69, 9.17) is 16.7 Å². The van der Waals surface area contributed by atoms with E-state index < -0.39 is 63.6 Å². The first-order valence-electron chi connectivity index (χ1n) is 18.9. The molecule has 0 bridgehead atoms. The third-order valence-corrected chi connectivity index (χ3v) is 14.6. The van der Waals surface area contributed by atoms with E-state index in [0.717, 1.165) is 36.4 Å². The van der Waals surface area contributed by atoms with Crippen molar-refractivity contribution in [3.8, 4) is 16.3 Å². The number of nitro benzene ring substituents is 1. The van der Waals surface area contributed by atoms with Crippen molar-refractivity contribution < 1.29 is 29.2 Å². The normalized spacial score (nSPS) is 25.4. The lowest BCUT2D eigenvalue weighted by Gasteiger charge is -2.49. The van der Waals surface area contributed by atoms with Crippen molar-refractivity contribution in [2.75, 3.05) is 9.80 Å². The predicted molar refractivity (Wildman–Crippen MR) is 220 cm³/mol. The van der Waals surface area contributed by atoms with Gasteiger partial charge in [-0.3, -0.25) is 38.9 Å². The Balaban J connectivity index is 1.10. The molecule has 4 aromatic carbocycles. The summed E-state index contributed by atoms with van der Waals surface area (Å²) in [6.07, 6.45) is 2.24. The molecule has 0 spiro atoms. The number of thiophene rings is 1. The first-order valence-corrected chi connectivity index (χ1v) is 20.1. The number of amides is 4. The monoisotopic (exact) mass is 811 g/mol. The average molecular weight is 812 g/mol. The molecule has 2 aromatic heterocycles. The van der Waals surface area contributed by atoms with Crippen molar-refractivity contribution in [2.24, 2.45) is 36.1 Å². The fraction of sp³-hybridized carbons (Fsp3) is 0.250. The van der Waals surface area contributed by atoms with E-state index in [9.17, 15) is 24.8 Å². The fourth-order valence-electron chi connectivity index (χ4n) is 10.3. The lowest BCUT2D eigenvalue weighted by molar-refractivity contribution is -0.384. The van der Waals surface area contributed by atoms with Crippen molar-refractivity contribution in [1.82, 2.24) is 9.78 Å². The van der Waals surface area contributed by atoms with Crippen LogP contribution in [-0.2, 0) is 26.2 Å². The molecule has 3 fully saturated rings. The van der Waals surface area contributed by atoms with Gasteiger partial charge in [0.15, 0.2) is 0 Å². The molecule has 58 heavy (non-hydrogen) atoms. The number of imide groups is 2. The number of rotatable bonds is 5. The Labute approximate surface area is 340 Å². The Morgan fingerprint density at radius 2 is 1.67 bits per heavy atom. The van der Waals surface area contributed by atoms with Gasteiger partial charge in [0.1, 0.15) is 17.3 Å². The molecular formula is C44H34ClN5O7S. The molecule has 2 saturated heterocycles. The summed E-state index contributed by atoms with van der Waals surface area (Å²) in [5, 5.41) is 31.2. The molecule has 290 valence electrons. The summed E-state index contributed by atoms with van der Waals surface area (Å²) in [6, 6.07) is 23.8. The number of halogens is 1. The van der Waals surface area contributed by atoms with Gasteiger partial charge in [0, 0.05) is 51.8 Å². The number of nitrogens with zero attached hydrogens (tertiary/aromatic N) is 5. The number of hydrogen-bond acceptors (Lipinski definition) is 9. The number of phenolic OH excluding ortho intramolecular Hbond substituents is 1. The number of allylic oxidation sites excluding steroid dienone is 2. The highest BCUT2D eigenvalue weighted by molar-refractivity contribution is 7.22. The van der Waals surface area contributed by atoms with Crippen LogP contribution in [0.1, 0.15) is 36.8 Å². The molecule has 4 amide bonds. The number of fused-ring (bicyclic) bond motifs is 6. The molecule has 12 nitrogen and oxygen atoms in total. The van der Waals surface area contributed by atoms with E-state index in [1.807, 2.05) is 55.5 Å². The van der Waals surface area contributed by atoms with Crippen molar-refractivity contribution in [3.05, 3.63) is 123 Å². The molecule has 2 aliphatic heterocycles. The highest BCUT2D eigenvalue weighted by atomic mass is 35.5. The lowest BCUT2D eigenvalue weighted by Crippen LogP contribution is -2.49. The molecule has 1 saturated carbocycles. The number of hydrogen-bond donors (Lipinski definition) is 1. The van der Waals surface area contributed by atoms with Crippen LogP contribution in [0.15, 0.2) is 96.6 Å². The van der Waals surface area contributed by atoms with Crippen molar-refractivity contribution in [2.45, 2.75) is 32.6 Å². The number of phenols is 1. The Morgan fingerprint density at radius 3 is 2.43 bits per heavy atom. The van der Waals surface area contributed by atoms with Gasteiger partial charge in [-0.2, -0.15) is 5.10 Å². The third kappa shape index (κ3) is 4.89. The minimum absolute atomic E-state index is 0.0186. The van der Waals surface area contributed by atoms with Crippen LogP contribution in [0.2, 0.25) is 5.02 Å². The first kappa shape index (κ1) is 36.2. The second-order valence-electron chi connectivity index (χ2n) is 15.9. The zero-order valence-corrected chi connectivity index (χ0v) is 33.0. The third-order valence-electron chi connectivity index (χ3n) is 13.1. The molecule has 1 N–H and O–H groups in total. The predicted octanol–water partition coefficient (Wildman–Crippen LogP) is 8.47. The fourth-order valence-corrected chi connectivity index (χ4v) is 11.6. The van der Waals surface area contributed by atoms with Crippen LogP contribution in [0, 0.1) is 46.1 Å². The molecule has 6 aromatic rings. The minimum atomic E-state index is -1.40. The molecule has 0 radical (unpaired) electrons. The van der Waals surface area contributed by atoms with Crippen LogP contribution in [-0.4, -0.2) is 43.4 Å². The van der Waals surface area contributed by atoms with Gasteiger partial charge in [0.05, 0.1) is 38.7 Å². The Bertz CT molecular complexity index is 2880. The number of carbonyl (C=O) groups excluding carboxylic acids is 4. The maximum absolute atomic E-state index is 15.3. The number of nitro groups is 1. The zero-order chi connectivity index (χ0) is 40.5. The number of benzene rings is 4. The maximum atomic E-state index is 15.3. The van der Waals surface area contributed by atoms with Crippen LogP contribution in [0.25, 0.3) is 31.4 Å². The highest BCUT2D eigenvalue weighted by Crippen LogP contribution is 2.65. The summed E-state index contributed by atoms with van der Waals surface area (Å²) in [6.45, 7) is 3.77. The summed E-state index contributed by atoms with van der Waals surface area (Å²) in [4.78, 5) is 72.9. The van der Waals surface area contributed by atoms with Gasteiger partial charge < -0.3 is 5.11 Å². The minimum Gasteiger partial charge on any atom is -0.507 e. The topological polar surface area (TPSA) is 156 Å². The van der Waals surface area contributed by atoms with Crippen molar-refractivity contribution in [1.29, 1.82) is 0 Å². The number of aryl methyl sites for hydroxylation is 2. The van der Waals surface area contributed by atoms with Gasteiger partial charge in [0.2, 0.25) is 23.6 Å². The SMILES string of the molecule is Cc1c(-c2cc(N3C(=O)C4CC5C(=CCC6C(=O)N(c7ccc([N+](=O)[O-])cc7)C(=O)C65)C(c5ccc6ccccc6c5O)C4(C)C3=O)n(C)n2)sc2ccc(Cl)cc12.